The number of aromatic nitrogens is 8. The Bertz CT molecular complexity index is 758. The number of fused-ring (bicyclic) bond motifs is 2. The molecule has 0 unspecified atom stereocenters. The normalized spacial score (nSPS) is 18.1. The number of hydrogen-bond donors (Lipinski definition) is 1. The zero-order chi connectivity index (χ0) is 13.5. The zero-order valence-corrected chi connectivity index (χ0v) is 10.9. The largest absolute Gasteiger partial charge is 0.364 e. The minimum atomic E-state index is 0.304. The predicted molar refractivity (Wildman–Crippen MR) is 69.1 cm³/mol. The van der Waals surface area contributed by atoms with Crippen LogP contribution >= 0.6 is 0 Å². The smallest absolute Gasteiger partial charge is 0.200 e. The summed E-state index contributed by atoms with van der Waals surface area (Å²) in [6.07, 6.45) is 1.93. The second-order valence-corrected chi connectivity index (χ2v) is 4.90. The first-order valence-electron chi connectivity index (χ1n) is 6.50. The van der Waals surface area contributed by atoms with Crippen molar-refractivity contribution in [3.8, 4) is 0 Å². The van der Waals surface area contributed by atoms with Crippen LogP contribution in [-0.2, 0) is 13.0 Å². The van der Waals surface area contributed by atoms with Gasteiger partial charge in [0.05, 0.1) is 0 Å². The summed E-state index contributed by atoms with van der Waals surface area (Å²) in [5.41, 5.74) is 0.635. The third-order valence-corrected chi connectivity index (χ3v) is 3.55. The lowest BCUT2D eigenvalue weighted by Gasteiger charge is -2.25. The predicted octanol–water partition coefficient (Wildman–Crippen LogP) is -0.154. The number of tetrazole rings is 1. The molecule has 20 heavy (non-hydrogen) atoms. The summed E-state index contributed by atoms with van der Waals surface area (Å²) in [5, 5.41) is 27.2. The highest BCUT2D eigenvalue weighted by Gasteiger charge is 2.21. The molecular formula is C11H13N9. The van der Waals surface area contributed by atoms with Gasteiger partial charge in [-0.1, -0.05) is 0 Å². The van der Waals surface area contributed by atoms with E-state index >= 15 is 0 Å². The average Bonchev–Trinajstić information content (AvgIpc) is 3.06. The van der Waals surface area contributed by atoms with Crippen LogP contribution in [0, 0.1) is 6.92 Å². The molecule has 1 aliphatic heterocycles. The molecule has 0 fully saturated rings. The highest BCUT2D eigenvalue weighted by Crippen LogP contribution is 2.17. The lowest BCUT2D eigenvalue weighted by molar-refractivity contribution is 0.468. The maximum atomic E-state index is 4.32. The summed E-state index contributed by atoms with van der Waals surface area (Å²) in [7, 11) is 0. The molecule has 9 heteroatoms. The SMILES string of the molecule is Cc1nnc2n1C[C@@H](Nc1ccc3nnnn3n1)CC2. The number of rotatable bonds is 2. The van der Waals surface area contributed by atoms with Crippen LogP contribution in [0.25, 0.3) is 5.65 Å². The molecule has 0 amide bonds. The van der Waals surface area contributed by atoms with Gasteiger partial charge in [0.1, 0.15) is 17.5 Å². The molecule has 4 heterocycles. The quantitative estimate of drug-likeness (QED) is 0.691. The lowest BCUT2D eigenvalue weighted by atomic mass is 10.1. The fourth-order valence-corrected chi connectivity index (χ4v) is 2.52. The molecule has 4 rings (SSSR count). The second kappa shape index (κ2) is 4.22. The van der Waals surface area contributed by atoms with E-state index in [0.717, 1.165) is 36.9 Å². The van der Waals surface area contributed by atoms with Gasteiger partial charge in [0.2, 0.25) is 0 Å². The maximum absolute atomic E-state index is 4.32. The van der Waals surface area contributed by atoms with Gasteiger partial charge in [-0.3, -0.25) is 0 Å². The monoisotopic (exact) mass is 271 g/mol. The molecule has 0 bridgehead atoms. The Balaban J connectivity index is 1.56. The summed E-state index contributed by atoms with van der Waals surface area (Å²) in [4.78, 5) is 0. The van der Waals surface area contributed by atoms with E-state index in [9.17, 15) is 0 Å². The van der Waals surface area contributed by atoms with Gasteiger partial charge >= 0.3 is 0 Å². The van der Waals surface area contributed by atoms with Crippen LogP contribution in [0.5, 0.6) is 0 Å². The lowest BCUT2D eigenvalue weighted by Crippen LogP contribution is -2.32. The molecule has 0 spiro atoms. The minimum Gasteiger partial charge on any atom is -0.364 e. The van der Waals surface area contributed by atoms with E-state index in [2.05, 4.69) is 40.7 Å². The third kappa shape index (κ3) is 1.78. The van der Waals surface area contributed by atoms with Gasteiger partial charge in [-0.15, -0.1) is 25.0 Å². The number of nitrogens with one attached hydrogen (secondary N) is 1. The highest BCUT2D eigenvalue weighted by molar-refractivity contribution is 5.42. The Kier molecular flexibility index (Phi) is 2.38. The minimum absolute atomic E-state index is 0.304. The molecule has 0 aromatic carbocycles. The van der Waals surface area contributed by atoms with E-state index in [1.54, 1.807) is 0 Å². The van der Waals surface area contributed by atoms with Gasteiger partial charge in [0, 0.05) is 19.0 Å². The molecule has 0 aliphatic carbocycles. The molecule has 3 aromatic heterocycles. The first-order chi connectivity index (χ1) is 9.79. The van der Waals surface area contributed by atoms with Crippen LogP contribution in [0.1, 0.15) is 18.1 Å². The van der Waals surface area contributed by atoms with E-state index in [4.69, 9.17) is 0 Å². The Morgan fingerprint density at radius 3 is 3.15 bits per heavy atom. The summed E-state index contributed by atoms with van der Waals surface area (Å²) in [6.45, 7) is 2.83. The summed E-state index contributed by atoms with van der Waals surface area (Å²) in [6, 6.07) is 4.03. The van der Waals surface area contributed by atoms with Gasteiger partial charge in [0.25, 0.3) is 0 Å². The topological polar surface area (TPSA) is 98.7 Å². The number of anilines is 1. The zero-order valence-electron chi connectivity index (χ0n) is 10.9. The fourth-order valence-electron chi connectivity index (χ4n) is 2.52. The number of hydrogen-bond acceptors (Lipinski definition) is 7. The maximum Gasteiger partial charge on any atom is 0.200 e. The Morgan fingerprint density at radius 2 is 2.20 bits per heavy atom. The van der Waals surface area contributed by atoms with Crippen LogP contribution in [0.3, 0.4) is 0 Å². The van der Waals surface area contributed by atoms with Crippen molar-refractivity contribution < 1.29 is 0 Å². The van der Waals surface area contributed by atoms with Crippen LogP contribution in [0.15, 0.2) is 12.1 Å². The van der Waals surface area contributed by atoms with Crippen molar-refractivity contribution >= 4 is 11.5 Å². The molecular weight excluding hydrogens is 258 g/mol. The molecule has 1 atom stereocenters. The van der Waals surface area contributed by atoms with Crippen LogP contribution in [-0.4, -0.2) is 46.1 Å². The fraction of sp³-hybridized carbons (Fsp3) is 0.455. The van der Waals surface area contributed by atoms with Crippen molar-refractivity contribution in [1.82, 2.24) is 40.0 Å². The summed E-state index contributed by atoms with van der Waals surface area (Å²) >= 11 is 0. The van der Waals surface area contributed by atoms with Crippen molar-refractivity contribution in [2.75, 3.05) is 5.32 Å². The van der Waals surface area contributed by atoms with Gasteiger partial charge in [-0.25, -0.2) is 0 Å². The van der Waals surface area contributed by atoms with Crippen molar-refractivity contribution in [2.45, 2.75) is 32.4 Å². The van der Waals surface area contributed by atoms with Gasteiger partial charge in [-0.2, -0.15) is 0 Å². The van der Waals surface area contributed by atoms with E-state index in [1.807, 2.05) is 19.1 Å². The van der Waals surface area contributed by atoms with Crippen molar-refractivity contribution in [2.24, 2.45) is 0 Å². The first-order valence-corrected chi connectivity index (χ1v) is 6.50. The van der Waals surface area contributed by atoms with E-state index in [-0.39, 0.29) is 0 Å². The summed E-state index contributed by atoms with van der Waals surface area (Å²) < 4.78 is 3.57. The van der Waals surface area contributed by atoms with Gasteiger partial charge < -0.3 is 9.88 Å². The molecule has 1 aliphatic rings. The standard InChI is InChI=1S/C11H13N9/c1-7-13-14-10-4-2-8(6-19(7)10)12-9-3-5-11-15-17-18-20(11)16-9/h3,5,8H,2,4,6H2,1H3,(H,12,16)/t8-/m0/s1. The molecule has 0 saturated carbocycles. The Morgan fingerprint density at radius 1 is 1.25 bits per heavy atom. The van der Waals surface area contributed by atoms with Gasteiger partial charge in [-0.05, 0) is 35.9 Å². The van der Waals surface area contributed by atoms with Crippen LogP contribution < -0.4 is 5.32 Å². The van der Waals surface area contributed by atoms with Crippen molar-refractivity contribution in [3.63, 3.8) is 0 Å². The van der Waals surface area contributed by atoms with Crippen molar-refractivity contribution in [1.29, 1.82) is 0 Å². The number of nitrogens with zero attached hydrogens (tertiary/aromatic N) is 8. The van der Waals surface area contributed by atoms with Gasteiger partial charge in [0.15, 0.2) is 5.65 Å². The average molecular weight is 271 g/mol. The molecule has 0 saturated heterocycles. The third-order valence-electron chi connectivity index (χ3n) is 3.55. The van der Waals surface area contributed by atoms with Crippen molar-refractivity contribution in [3.05, 3.63) is 23.8 Å². The summed E-state index contributed by atoms with van der Waals surface area (Å²) in [5.74, 6) is 2.78. The first kappa shape index (κ1) is 11.3. The van der Waals surface area contributed by atoms with Crippen LogP contribution in [0.2, 0.25) is 0 Å². The number of aryl methyl sites for hydroxylation is 2. The Hall–Kier alpha value is -2.58. The highest BCUT2D eigenvalue weighted by atomic mass is 15.6. The second-order valence-electron chi connectivity index (χ2n) is 4.90. The molecule has 1 N–H and O–H groups in total. The van der Waals surface area contributed by atoms with E-state index < -0.39 is 0 Å². The Labute approximate surface area is 114 Å². The molecule has 9 nitrogen and oxygen atoms in total. The van der Waals surface area contributed by atoms with Crippen LogP contribution in [0.4, 0.5) is 5.82 Å². The molecule has 3 aromatic rings. The van der Waals surface area contributed by atoms with E-state index in [1.165, 1.54) is 4.63 Å². The molecule has 0 radical (unpaired) electrons. The molecule has 102 valence electrons. The van der Waals surface area contributed by atoms with E-state index in [0.29, 0.717) is 11.7 Å².